The first-order valence-corrected chi connectivity index (χ1v) is 8.57. The molecule has 1 aliphatic heterocycles. The van der Waals surface area contributed by atoms with Gasteiger partial charge in [0.1, 0.15) is 5.82 Å². The SMILES string of the molecule is CCOC1CCCN(C(=O)c2nc(C)n(-c3ccccc3Cl)n2)C1. The van der Waals surface area contributed by atoms with Crippen molar-refractivity contribution in [1.29, 1.82) is 0 Å². The van der Waals surface area contributed by atoms with Gasteiger partial charge in [0.15, 0.2) is 0 Å². The molecule has 0 saturated carbocycles. The van der Waals surface area contributed by atoms with Crippen LogP contribution in [-0.2, 0) is 4.74 Å². The van der Waals surface area contributed by atoms with Crippen LogP contribution in [0.1, 0.15) is 36.2 Å². The third-order valence-electron chi connectivity index (χ3n) is 4.11. The van der Waals surface area contributed by atoms with E-state index in [1.54, 1.807) is 15.6 Å². The van der Waals surface area contributed by atoms with Crippen LogP contribution in [-0.4, -0.2) is 51.4 Å². The highest BCUT2D eigenvalue weighted by atomic mass is 35.5. The lowest BCUT2D eigenvalue weighted by Crippen LogP contribution is -2.43. The highest BCUT2D eigenvalue weighted by Gasteiger charge is 2.27. The van der Waals surface area contributed by atoms with Crippen LogP contribution in [0, 0.1) is 6.92 Å². The Hall–Kier alpha value is -1.92. The van der Waals surface area contributed by atoms with Gasteiger partial charge in [-0.1, -0.05) is 23.7 Å². The van der Waals surface area contributed by atoms with Gasteiger partial charge >= 0.3 is 0 Å². The second-order valence-electron chi connectivity index (χ2n) is 5.82. The maximum absolute atomic E-state index is 12.7. The summed E-state index contributed by atoms with van der Waals surface area (Å²) in [5.41, 5.74) is 0.717. The van der Waals surface area contributed by atoms with E-state index in [4.69, 9.17) is 16.3 Å². The standard InChI is InChI=1S/C17H21ClN4O2/c1-3-24-13-7-6-10-21(11-13)17(23)16-19-12(2)22(20-16)15-9-5-4-8-14(15)18/h4-5,8-9,13H,3,6-7,10-11H2,1-2H3. The molecule has 1 amide bonds. The monoisotopic (exact) mass is 348 g/mol. The number of para-hydroxylation sites is 1. The normalized spacial score (nSPS) is 18.0. The predicted octanol–water partition coefficient (Wildman–Crippen LogP) is 2.87. The molecule has 2 aromatic rings. The average molecular weight is 349 g/mol. The molecule has 1 aromatic carbocycles. The molecule has 0 spiro atoms. The van der Waals surface area contributed by atoms with Crippen LogP contribution in [0.25, 0.3) is 5.69 Å². The number of carbonyl (C=O) groups is 1. The number of halogens is 1. The van der Waals surface area contributed by atoms with Gasteiger partial charge in [-0.3, -0.25) is 4.79 Å². The van der Waals surface area contributed by atoms with Crippen molar-refractivity contribution in [3.8, 4) is 5.69 Å². The smallest absolute Gasteiger partial charge is 0.293 e. The third kappa shape index (κ3) is 3.44. The Bertz CT molecular complexity index is 729. The van der Waals surface area contributed by atoms with E-state index in [2.05, 4.69) is 10.1 Å². The van der Waals surface area contributed by atoms with Crippen LogP contribution >= 0.6 is 11.6 Å². The van der Waals surface area contributed by atoms with E-state index in [-0.39, 0.29) is 17.8 Å². The van der Waals surface area contributed by atoms with Crippen LogP contribution in [0.3, 0.4) is 0 Å². The van der Waals surface area contributed by atoms with Gasteiger partial charge in [0.25, 0.3) is 5.91 Å². The zero-order valence-corrected chi connectivity index (χ0v) is 14.7. The van der Waals surface area contributed by atoms with Crippen molar-refractivity contribution in [2.45, 2.75) is 32.8 Å². The highest BCUT2D eigenvalue weighted by molar-refractivity contribution is 6.32. The molecule has 1 aliphatic rings. The summed E-state index contributed by atoms with van der Waals surface area (Å²) in [5, 5.41) is 4.94. The van der Waals surface area contributed by atoms with Crippen LogP contribution in [0.15, 0.2) is 24.3 Å². The minimum absolute atomic E-state index is 0.0967. The van der Waals surface area contributed by atoms with E-state index < -0.39 is 0 Å². The number of hydrogen-bond donors (Lipinski definition) is 0. The van der Waals surface area contributed by atoms with E-state index in [9.17, 15) is 4.79 Å². The molecular weight excluding hydrogens is 328 g/mol. The Morgan fingerprint density at radius 1 is 1.42 bits per heavy atom. The largest absolute Gasteiger partial charge is 0.377 e. The van der Waals surface area contributed by atoms with Crippen molar-refractivity contribution in [3.05, 3.63) is 40.9 Å². The van der Waals surface area contributed by atoms with Gasteiger partial charge in [-0.2, -0.15) is 0 Å². The number of aryl methyl sites for hydroxylation is 1. The molecule has 0 bridgehead atoms. The Morgan fingerprint density at radius 2 is 2.21 bits per heavy atom. The Morgan fingerprint density at radius 3 is 2.96 bits per heavy atom. The number of piperidine rings is 1. The summed E-state index contributed by atoms with van der Waals surface area (Å²) in [7, 11) is 0. The number of hydrogen-bond acceptors (Lipinski definition) is 4. The highest BCUT2D eigenvalue weighted by Crippen LogP contribution is 2.21. The molecule has 1 aromatic heterocycles. The molecule has 0 N–H and O–H groups in total. The van der Waals surface area contributed by atoms with Crippen molar-refractivity contribution in [2.24, 2.45) is 0 Å². The van der Waals surface area contributed by atoms with Gasteiger partial charge in [0.2, 0.25) is 5.82 Å². The van der Waals surface area contributed by atoms with Crippen molar-refractivity contribution in [3.63, 3.8) is 0 Å². The van der Waals surface area contributed by atoms with Crippen LogP contribution in [0.4, 0.5) is 0 Å². The average Bonchev–Trinajstić information content (AvgIpc) is 2.97. The minimum Gasteiger partial charge on any atom is -0.377 e. The first kappa shape index (κ1) is 16.9. The number of benzene rings is 1. The Balaban J connectivity index is 1.82. The molecule has 1 atom stereocenters. The summed E-state index contributed by atoms with van der Waals surface area (Å²) in [6, 6.07) is 7.37. The topological polar surface area (TPSA) is 60.2 Å². The van der Waals surface area contributed by atoms with E-state index >= 15 is 0 Å². The molecule has 3 rings (SSSR count). The fourth-order valence-corrected chi connectivity index (χ4v) is 3.18. The molecule has 128 valence electrons. The number of likely N-dealkylation sites (tertiary alicyclic amines) is 1. The predicted molar refractivity (Wildman–Crippen MR) is 91.7 cm³/mol. The molecule has 1 unspecified atom stereocenters. The molecule has 24 heavy (non-hydrogen) atoms. The molecular formula is C17H21ClN4O2. The molecule has 0 radical (unpaired) electrons. The fraction of sp³-hybridized carbons (Fsp3) is 0.471. The van der Waals surface area contributed by atoms with Crippen LogP contribution in [0.5, 0.6) is 0 Å². The molecule has 0 aliphatic carbocycles. The van der Waals surface area contributed by atoms with Crippen molar-refractivity contribution in [1.82, 2.24) is 19.7 Å². The van der Waals surface area contributed by atoms with Gasteiger partial charge in [-0.25, -0.2) is 9.67 Å². The third-order valence-corrected chi connectivity index (χ3v) is 4.43. The summed E-state index contributed by atoms with van der Waals surface area (Å²) in [5.74, 6) is 0.669. The number of amides is 1. The van der Waals surface area contributed by atoms with Crippen molar-refractivity contribution in [2.75, 3.05) is 19.7 Å². The molecule has 1 saturated heterocycles. The lowest BCUT2D eigenvalue weighted by molar-refractivity contribution is 0.00681. The summed E-state index contributed by atoms with van der Waals surface area (Å²) < 4.78 is 7.27. The molecule has 6 nitrogen and oxygen atoms in total. The number of carbonyl (C=O) groups excluding carboxylic acids is 1. The minimum atomic E-state index is -0.159. The van der Waals surface area contributed by atoms with E-state index in [0.717, 1.165) is 12.8 Å². The number of aromatic nitrogens is 3. The van der Waals surface area contributed by atoms with Gasteiger partial charge < -0.3 is 9.64 Å². The maximum Gasteiger partial charge on any atom is 0.293 e. The number of rotatable bonds is 4. The Labute approximate surface area is 146 Å². The first-order valence-electron chi connectivity index (χ1n) is 8.19. The maximum atomic E-state index is 12.7. The molecule has 2 heterocycles. The van der Waals surface area contributed by atoms with E-state index in [1.165, 1.54) is 0 Å². The summed E-state index contributed by atoms with van der Waals surface area (Å²) in [4.78, 5) is 18.8. The molecule has 7 heteroatoms. The fourth-order valence-electron chi connectivity index (χ4n) is 2.97. The summed E-state index contributed by atoms with van der Waals surface area (Å²) in [6.07, 6.45) is 2.01. The summed E-state index contributed by atoms with van der Waals surface area (Å²) >= 11 is 6.22. The number of ether oxygens (including phenoxy) is 1. The first-order chi connectivity index (χ1) is 11.6. The Kier molecular flexibility index (Phi) is 5.16. The van der Waals surface area contributed by atoms with Crippen LogP contribution in [0.2, 0.25) is 5.02 Å². The quantitative estimate of drug-likeness (QED) is 0.852. The van der Waals surface area contributed by atoms with Crippen molar-refractivity contribution < 1.29 is 9.53 Å². The van der Waals surface area contributed by atoms with Gasteiger partial charge in [-0.05, 0) is 38.8 Å². The van der Waals surface area contributed by atoms with Gasteiger partial charge in [0, 0.05) is 19.7 Å². The van der Waals surface area contributed by atoms with Crippen LogP contribution < -0.4 is 0 Å². The lowest BCUT2D eigenvalue weighted by atomic mass is 10.1. The zero-order valence-electron chi connectivity index (χ0n) is 13.9. The number of nitrogens with zero attached hydrogens (tertiary/aromatic N) is 4. The zero-order chi connectivity index (χ0) is 17.1. The second kappa shape index (κ2) is 7.32. The van der Waals surface area contributed by atoms with Gasteiger partial charge in [-0.15, -0.1) is 5.10 Å². The van der Waals surface area contributed by atoms with Gasteiger partial charge in [0.05, 0.1) is 16.8 Å². The summed E-state index contributed by atoms with van der Waals surface area (Å²) in [6.45, 7) is 5.74. The van der Waals surface area contributed by atoms with E-state index in [0.29, 0.717) is 36.2 Å². The molecule has 1 fully saturated rings. The lowest BCUT2D eigenvalue weighted by Gasteiger charge is -2.31. The second-order valence-corrected chi connectivity index (χ2v) is 6.22. The van der Waals surface area contributed by atoms with E-state index in [1.807, 2.05) is 32.0 Å². The van der Waals surface area contributed by atoms with Crippen molar-refractivity contribution >= 4 is 17.5 Å².